The van der Waals surface area contributed by atoms with E-state index in [2.05, 4.69) is 48.5 Å². The Labute approximate surface area is 109 Å². The van der Waals surface area contributed by atoms with E-state index in [9.17, 15) is 0 Å². The molecule has 0 bridgehead atoms. The van der Waals surface area contributed by atoms with Crippen molar-refractivity contribution in [2.24, 2.45) is 0 Å². The maximum atomic E-state index is 2.37. The van der Waals surface area contributed by atoms with Gasteiger partial charge in [0.1, 0.15) is 0 Å². The number of fused-ring (bicyclic) bond motifs is 5. The molecule has 18 heavy (non-hydrogen) atoms. The van der Waals surface area contributed by atoms with E-state index < -0.39 is 0 Å². The van der Waals surface area contributed by atoms with Crippen molar-refractivity contribution in [3.8, 4) is 0 Å². The predicted molar refractivity (Wildman–Crippen MR) is 75.0 cm³/mol. The molecule has 2 unspecified atom stereocenters. The van der Waals surface area contributed by atoms with E-state index in [4.69, 9.17) is 0 Å². The van der Waals surface area contributed by atoms with Crippen LogP contribution in [0.1, 0.15) is 53.4 Å². The van der Waals surface area contributed by atoms with Crippen LogP contribution in [0.2, 0.25) is 0 Å². The highest BCUT2D eigenvalue weighted by atomic mass is 14.4. The molecule has 2 aromatic rings. The smallest absolute Gasteiger partial charge is 0.00201 e. The Morgan fingerprint density at radius 3 is 1.72 bits per heavy atom. The summed E-state index contributed by atoms with van der Waals surface area (Å²) in [7, 11) is 0. The Bertz CT molecular complexity index is 531. The molecule has 0 heteroatoms. The van der Waals surface area contributed by atoms with Crippen LogP contribution in [0.15, 0.2) is 48.5 Å². The van der Waals surface area contributed by atoms with E-state index >= 15 is 0 Å². The van der Waals surface area contributed by atoms with Crippen LogP contribution in [0, 0.1) is 0 Å². The van der Waals surface area contributed by atoms with Crippen molar-refractivity contribution in [3.63, 3.8) is 0 Å². The van der Waals surface area contributed by atoms with E-state index in [0.29, 0.717) is 0 Å². The molecule has 0 radical (unpaired) electrons. The maximum Gasteiger partial charge on any atom is -0.00201 e. The molecule has 0 aliphatic heterocycles. The van der Waals surface area contributed by atoms with E-state index in [1.807, 2.05) is 0 Å². The van der Waals surface area contributed by atoms with Gasteiger partial charge in [0.25, 0.3) is 0 Å². The van der Waals surface area contributed by atoms with Crippen LogP contribution >= 0.6 is 0 Å². The minimum atomic E-state index is 0.768. The third-order valence-electron chi connectivity index (χ3n) is 4.81. The van der Waals surface area contributed by atoms with Gasteiger partial charge in [0.15, 0.2) is 0 Å². The van der Waals surface area contributed by atoms with E-state index in [1.165, 1.54) is 19.3 Å². The molecule has 1 saturated carbocycles. The summed E-state index contributed by atoms with van der Waals surface area (Å²) in [6.07, 6.45) is 5.25. The minimum Gasteiger partial charge on any atom is -0.0620 e. The molecule has 2 aromatic carbocycles. The fourth-order valence-corrected chi connectivity index (χ4v) is 4.02. The van der Waals surface area contributed by atoms with Gasteiger partial charge in [0.05, 0.1) is 0 Å². The molecule has 0 saturated heterocycles. The topological polar surface area (TPSA) is 0 Å². The van der Waals surface area contributed by atoms with Crippen molar-refractivity contribution in [1.29, 1.82) is 0 Å². The largest absolute Gasteiger partial charge is 0.0620 e. The quantitative estimate of drug-likeness (QED) is 0.623. The number of hydrogen-bond donors (Lipinski definition) is 0. The Balaban J connectivity index is 1.95. The van der Waals surface area contributed by atoms with Gasteiger partial charge in [0.2, 0.25) is 0 Å². The van der Waals surface area contributed by atoms with Gasteiger partial charge in [0, 0.05) is 0 Å². The fraction of sp³-hybridized carbons (Fsp3) is 0.333. The third-order valence-corrected chi connectivity index (χ3v) is 4.81. The first-order valence-electron chi connectivity index (χ1n) is 7.09. The highest BCUT2D eigenvalue weighted by Crippen LogP contribution is 2.49. The molecule has 0 nitrogen and oxygen atoms in total. The van der Waals surface area contributed by atoms with Crippen molar-refractivity contribution in [2.45, 2.75) is 37.5 Å². The van der Waals surface area contributed by atoms with Crippen LogP contribution in [0.4, 0.5) is 0 Å². The van der Waals surface area contributed by atoms with E-state index in [1.54, 1.807) is 22.3 Å². The first-order valence-corrected chi connectivity index (χ1v) is 7.09. The van der Waals surface area contributed by atoms with Gasteiger partial charge in [-0.25, -0.2) is 0 Å². The van der Waals surface area contributed by atoms with Gasteiger partial charge in [-0.3, -0.25) is 0 Å². The number of hydrogen-bond acceptors (Lipinski definition) is 0. The standard InChI is InChI=1S/C18H18/c1-3-8-15-13(6-1)12-14-7-2-4-9-16(14)18-11-5-10-17(15)18/h1-4,6-9,17-18H,5,10-12H2. The average Bonchev–Trinajstić information content (AvgIpc) is 2.84. The molecular formula is C18H18. The summed E-state index contributed by atoms with van der Waals surface area (Å²) in [5.74, 6) is 1.54. The van der Waals surface area contributed by atoms with Crippen molar-refractivity contribution >= 4 is 0 Å². The predicted octanol–water partition coefficient (Wildman–Crippen LogP) is 4.64. The van der Waals surface area contributed by atoms with Crippen LogP contribution in [-0.2, 0) is 6.42 Å². The van der Waals surface area contributed by atoms with E-state index in [-0.39, 0.29) is 0 Å². The highest BCUT2D eigenvalue weighted by Gasteiger charge is 2.34. The molecule has 0 spiro atoms. The lowest BCUT2D eigenvalue weighted by molar-refractivity contribution is 0.626. The summed E-state index contributed by atoms with van der Waals surface area (Å²) in [6.45, 7) is 0. The monoisotopic (exact) mass is 234 g/mol. The van der Waals surface area contributed by atoms with Crippen molar-refractivity contribution in [2.75, 3.05) is 0 Å². The van der Waals surface area contributed by atoms with Crippen LogP contribution in [0.5, 0.6) is 0 Å². The van der Waals surface area contributed by atoms with Crippen molar-refractivity contribution in [1.82, 2.24) is 0 Å². The highest BCUT2D eigenvalue weighted by molar-refractivity contribution is 5.45. The van der Waals surface area contributed by atoms with Crippen molar-refractivity contribution in [3.05, 3.63) is 70.8 Å². The zero-order valence-electron chi connectivity index (χ0n) is 10.6. The molecule has 2 aliphatic carbocycles. The summed E-state index contributed by atoms with van der Waals surface area (Å²) in [5.41, 5.74) is 6.35. The lowest BCUT2D eigenvalue weighted by atomic mass is 9.84. The molecule has 2 aliphatic rings. The van der Waals surface area contributed by atoms with Gasteiger partial charge in [-0.15, -0.1) is 0 Å². The molecule has 0 heterocycles. The summed E-state index contributed by atoms with van der Waals surface area (Å²) in [5, 5.41) is 0. The molecule has 0 amide bonds. The second-order valence-corrected chi connectivity index (χ2v) is 5.72. The Morgan fingerprint density at radius 1 is 0.667 bits per heavy atom. The first kappa shape index (κ1) is 10.4. The zero-order valence-corrected chi connectivity index (χ0v) is 10.6. The lowest BCUT2D eigenvalue weighted by Crippen LogP contribution is -2.04. The third kappa shape index (κ3) is 1.45. The molecular weight excluding hydrogens is 216 g/mol. The fourth-order valence-electron chi connectivity index (χ4n) is 4.02. The van der Waals surface area contributed by atoms with Crippen LogP contribution in [-0.4, -0.2) is 0 Å². The van der Waals surface area contributed by atoms with Crippen molar-refractivity contribution < 1.29 is 0 Å². The molecule has 4 rings (SSSR count). The van der Waals surface area contributed by atoms with Gasteiger partial charge in [-0.2, -0.15) is 0 Å². The molecule has 2 atom stereocenters. The SMILES string of the molecule is c1ccc2c(c1)Cc1ccccc1C1CCCC21. The molecule has 0 aromatic heterocycles. The Kier molecular flexibility index (Phi) is 2.29. The zero-order chi connectivity index (χ0) is 11.9. The van der Waals surface area contributed by atoms with Crippen LogP contribution in [0.3, 0.4) is 0 Å². The van der Waals surface area contributed by atoms with Crippen LogP contribution < -0.4 is 0 Å². The number of benzene rings is 2. The van der Waals surface area contributed by atoms with Gasteiger partial charge >= 0.3 is 0 Å². The maximum absolute atomic E-state index is 2.37. The summed E-state index contributed by atoms with van der Waals surface area (Å²) < 4.78 is 0. The average molecular weight is 234 g/mol. The van der Waals surface area contributed by atoms with Gasteiger partial charge < -0.3 is 0 Å². The lowest BCUT2D eigenvalue weighted by Gasteiger charge is -2.20. The normalized spacial score (nSPS) is 24.9. The minimum absolute atomic E-state index is 0.768. The second kappa shape index (κ2) is 3.98. The molecule has 0 N–H and O–H groups in total. The number of rotatable bonds is 0. The van der Waals surface area contributed by atoms with Gasteiger partial charge in [-0.05, 0) is 53.4 Å². The second-order valence-electron chi connectivity index (χ2n) is 5.72. The van der Waals surface area contributed by atoms with E-state index in [0.717, 1.165) is 18.3 Å². The summed E-state index contributed by atoms with van der Waals surface area (Å²) >= 11 is 0. The van der Waals surface area contributed by atoms with Crippen LogP contribution in [0.25, 0.3) is 0 Å². The summed E-state index contributed by atoms with van der Waals surface area (Å²) in [6, 6.07) is 18.2. The first-order chi connectivity index (χ1) is 8.93. The summed E-state index contributed by atoms with van der Waals surface area (Å²) in [4.78, 5) is 0. The molecule has 1 fully saturated rings. The van der Waals surface area contributed by atoms with Gasteiger partial charge in [-0.1, -0.05) is 55.0 Å². The molecule has 90 valence electrons. The Morgan fingerprint density at radius 2 is 1.17 bits per heavy atom. The Hall–Kier alpha value is -1.56.